The summed E-state index contributed by atoms with van der Waals surface area (Å²) in [6.07, 6.45) is 5.58. The van der Waals surface area contributed by atoms with Crippen molar-refractivity contribution in [2.75, 3.05) is 0 Å². The molecule has 0 aromatic heterocycles. The summed E-state index contributed by atoms with van der Waals surface area (Å²) in [4.78, 5) is 1.03. The van der Waals surface area contributed by atoms with Gasteiger partial charge in [-0.25, -0.2) is 0 Å². The highest BCUT2D eigenvalue weighted by Crippen LogP contribution is 2.27. The van der Waals surface area contributed by atoms with Gasteiger partial charge in [-0.1, -0.05) is 36.8 Å². The lowest BCUT2D eigenvalue weighted by molar-refractivity contribution is 0.164. The van der Waals surface area contributed by atoms with E-state index in [2.05, 4.69) is 32.9 Å². The van der Waals surface area contributed by atoms with Crippen LogP contribution < -0.4 is 0 Å². The predicted octanol–water partition coefficient (Wildman–Crippen LogP) is 5.19. The minimum Gasteiger partial charge on any atom is -0.391 e. The Bertz CT molecular complexity index is 488. The summed E-state index contributed by atoms with van der Waals surface area (Å²) in [6, 6.07) is 12.0. The van der Waals surface area contributed by atoms with Gasteiger partial charge in [0.05, 0.1) is 12.2 Å². The molecule has 1 aromatic rings. The van der Waals surface area contributed by atoms with Crippen LogP contribution in [0.5, 0.6) is 0 Å². The molecule has 22 heavy (non-hydrogen) atoms. The van der Waals surface area contributed by atoms with E-state index in [-0.39, 0.29) is 0 Å². The predicted molar refractivity (Wildman–Crippen MR) is 94.8 cm³/mol. The van der Waals surface area contributed by atoms with Crippen molar-refractivity contribution >= 4 is 11.8 Å². The van der Waals surface area contributed by atoms with Crippen molar-refractivity contribution in [2.24, 2.45) is 5.92 Å². The smallest absolute Gasteiger partial charge is 0.122 e. The lowest BCUT2D eigenvalue weighted by atomic mass is 9.96. The molecule has 120 valence electrons. The van der Waals surface area contributed by atoms with Crippen LogP contribution in [0.2, 0.25) is 0 Å². The van der Waals surface area contributed by atoms with Gasteiger partial charge < -0.3 is 5.11 Å². The first-order chi connectivity index (χ1) is 10.5. The molecule has 3 unspecified atom stereocenters. The van der Waals surface area contributed by atoms with Gasteiger partial charge in [0.2, 0.25) is 0 Å². The number of aliphatic hydroxyl groups excluding tert-OH is 1. The molecule has 0 amide bonds. The van der Waals surface area contributed by atoms with E-state index < -0.39 is 11.4 Å². The molecule has 0 fully saturated rings. The van der Waals surface area contributed by atoms with Crippen molar-refractivity contribution in [1.82, 2.24) is 0 Å². The zero-order valence-corrected chi connectivity index (χ0v) is 14.6. The number of nitriles is 1. The quantitative estimate of drug-likeness (QED) is 0.503. The molecule has 0 saturated heterocycles. The molecule has 0 bridgehead atoms. The molecule has 0 aliphatic carbocycles. The number of nitrogens with zero attached hydrogens (tertiary/aromatic N) is 1. The van der Waals surface area contributed by atoms with E-state index in [4.69, 9.17) is 0 Å². The average Bonchev–Trinajstić information content (AvgIpc) is 2.51. The first-order valence-electron chi connectivity index (χ1n) is 7.95. The Morgan fingerprint density at radius 2 is 1.91 bits per heavy atom. The van der Waals surface area contributed by atoms with Crippen molar-refractivity contribution in [2.45, 2.75) is 62.7 Å². The van der Waals surface area contributed by atoms with Gasteiger partial charge >= 0.3 is 0 Å². The molecule has 2 nitrogen and oxygen atoms in total. The maximum absolute atomic E-state index is 10.3. The van der Waals surface area contributed by atoms with Crippen molar-refractivity contribution < 1.29 is 5.11 Å². The topological polar surface area (TPSA) is 44.0 Å². The van der Waals surface area contributed by atoms with Gasteiger partial charge in [0.15, 0.2) is 0 Å². The van der Waals surface area contributed by atoms with E-state index in [0.717, 1.165) is 24.2 Å². The summed E-state index contributed by atoms with van der Waals surface area (Å²) >= 11 is 1.45. The fourth-order valence-corrected chi connectivity index (χ4v) is 3.20. The van der Waals surface area contributed by atoms with Crippen molar-refractivity contribution in [3.8, 4) is 6.07 Å². The first-order valence-corrected chi connectivity index (χ1v) is 8.83. The zero-order chi connectivity index (χ0) is 16.4. The Hall–Kier alpha value is -1.24. The number of rotatable bonds is 9. The lowest BCUT2D eigenvalue weighted by Crippen LogP contribution is -2.22. The summed E-state index contributed by atoms with van der Waals surface area (Å²) < 4.78 is 0. The van der Waals surface area contributed by atoms with Gasteiger partial charge in [-0.05, 0) is 57.6 Å². The molecular weight excluding hydrogens is 290 g/mol. The van der Waals surface area contributed by atoms with Gasteiger partial charge in [0.25, 0.3) is 0 Å². The van der Waals surface area contributed by atoms with Crippen molar-refractivity contribution in [3.63, 3.8) is 0 Å². The van der Waals surface area contributed by atoms with E-state index in [1.165, 1.54) is 17.3 Å². The summed E-state index contributed by atoms with van der Waals surface area (Å²) in [5.41, 5.74) is 1.36. The van der Waals surface area contributed by atoms with Gasteiger partial charge in [0, 0.05) is 4.90 Å². The second-order valence-electron chi connectivity index (χ2n) is 6.09. The SMILES string of the molecule is CC(C)=CCCC(C)CCC(O)C(C#N)Sc1ccccc1. The van der Waals surface area contributed by atoms with Gasteiger partial charge in [-0.15, -0.1) is 11.8 Å². The molecule has 0 spiro atoms. The van der Waals surface area contributed by atoms with Crippen LogP contribution in [0, 0.1) is 17.2 Å². The molecular formula is C19H27NOS. The molecule has 3 atom stereocenters. The number of hydrogen-bond donors (Lipinski definition) is 1. The third-order valence-corrected chi connectivity index (χ3v) is 4.87. The molecule has 0 heterocycles. The average molecular weight is 317 g/mol. The first kappa shape index (κ1) is 18.8. The summed E-state index contributed by atoms with van der Waals surface area (Å²) in [6.45, 7) is 6.46. The Balaban J connectivity index is 2.37. The molecule has 0 radical (unpaired) electrons. The largest absolute Gasteiger partial charge is 0.391 e. The highest BCUT2D eigenvalue weighted by molar-refractivity contribution is 8.00. The molecule has 1 rings (SSSR count). The number of benzene rings is 1. The molecule has 1 N–H and O–H groups in total. The Morgan fingerprint density at radius 3 is 2.50 bits per heavy atom. The van der Waals surface area contributed by atoms with E-state index in [1.807, 2.05) is 30.3 Å². The van der Waals surface area contributed by atoms with Gasteiger partial charge in [0.1, 0.15) is 5.25 Å². The molecule has 0 aliphatic rings. The van der Waals surface area contributed by atoms with Crippen LogP contribution in [-0.4, -0.2) is 16.5 Å². The summed E-state index contributed by atoms with van der Waals surface area (Å²) in [5, 5.41) is 19.2. The number of aliphatic hydroxyl groups is 1. The standard InChI is InChI=1S/C19H27NOS/c1-15(2)8-7-9-16(3)12-13-18(21)19(14-20)22-17-10-5-4-6-11-17/h4-6,8,10-11,16,18-19,21H,7,9,12-13H2,1-3H3. The van der Waals surface area contributed by atoms with Gasteiger partial charge in [-0.2, -0.15) is 5.26 Å². The normalized spacial score (nSPS) is 14.7. The minimum absolute atomic E-state index is 0.396. The second-order valence-corrected chi connectivity index (χ2v) is 7.30. The summed E-state index contributed by atoms with van der Waals surface area (Å²) in [7, 11) is 0. The molecule has 0 saturated carbocycles. The summed E-state index contributed by atoms with van der Waals surface area (Å²) in [5.74, 6) is 0.575. The second kappa shape index (κ2) is 10.5. The molecule has 0 aliphatic heterocycles. The van der Waals surface area contributed by atoms with Crippen molar-refractivity contribution in [1.29, 1.82) is 5.26 Å². The number of thioether (sulfide) groups is 1. The van der Waals surface area contributed by atoms with E-state index in [1.54, 1.807) is 0 Å². The highest BCUT2D eigenvalue weighted by atomic mass is 32.2. The van der Waals surface area contributed by atoms with E-state index >= 15 is 0 Å². The van der Waals surface area contributed by atoms with Crippen LogP contribution in [0.1, 0.15) is 46.5 Å². The number of hydrogen-bond acceptors (Lipinski definition) is 3. The van der Waals surface area contributed by atoms with E-state index in [0.29, 0.717) is 12.3 Å². The third kappa shape index (κ3) is 7.68. The third-order valence-electron chi connectivity index (χ3n) is 3.65. The van der Waals surface area contributed by atoms with E-state index in [9.17, 15) is 10.4 Å². The maximum Gasteiger partial charge on any atom is 0.122 e. The zero-order valence-electron chi connectivity index (χ0n) is 13.8. The fraction of sp³-hybridized carbons (Fsp3) is 0.526. The Kier molecular flexibility index (Phi) is 8.96. The highest BCUT2D eigenvalue weighted by Gasteiger charge is 2.20. The van der Waals surface area contributed by atoms with Crippen LogP contribution in [0.4, 0.5) is 0 Å². The molecule has 1 aromatic carbocycles. The van der Waals surface area contributed by atoms with Gasteiger partial charge in [-0.3, -0.25) is 0 Å². The van der Waals surface area contributed by atoms with Crippen LogP contribution in [0.3, 0.4) is 0 Å². The molecule has 3 heteroatoms. The minimum atomic E-state index is -0.568. The monoisotopic (exact) mass is 317 g/mol. The van der Waals surface area contributed by atoms with Crippen LogP contribution >= 0.6 is 11.8 Å². The van der Waals surface area contributed by atoms with Crippen LogP contribution in [0.25, 0.3) is 0 Å². The van der Waals surface area contributed by atoms with Crippen LogP contribution in [-0.2, 0) is 0 Å². The lowest BCUT2D eigenvalue weighted by Gasteiger charge is -2.18. The van der Waals surface area contributed by atoms with Crippen molar-refractivity contribution in [3.05, 3.63) is 42.0 Å². The Morgan fingerprint density at radius 1 is 1.23 bits per heavy atom. The number of allylic oxidation sites excluding steroid dienone is 2. The fourth-order valence-electron chi connectivity index (χ4n) is 2.24. The Labute approximate surface area is 139 Å². The maximum atomic E-state index is 10.3. The van der Waals surface area contributed by atoms with Crippen LogP contribution in [0.15, 0.2) is 46.9 Å².